The zero-order valence-corrected chi connectivity index (χ0v) is 9.66. The number of nitrogens with one attached hydrogen (secondary N) is 1. The number of halogens is 2. The second kappa shape index (κ2) is 4.65. The Labute approximate surface area is 102 Å². The highest BCUT2D eigenvalue weighted by Crippen LogP contribution is 2.16. The summed E-state index contributed by atoms with van der Waals surface area (Å²) in [6.07, 6.45) is -0.673. The number of hydrogen-bond donors (Lipinski definition) is 1. The van der Waals surface area contributed by atoms with Crippen LogP contribution in [0.15, 0.2) is 41.4 Å². The molecule has 0 atom stereocenters. The molecule has 94 valence electrons. The largest absolute Gasteiger partial charge is 0.310 e. The molecule has 2 aromatic rings. The fourth-order valence-electron chi connectivity index (χ4n) is 1.20. The van der Waals surface area contributed by atoms with E-state index >= 15 is 0 Å². The predicted octanol–water partition coefficient (Wildman–Crippen LogP) is 1.56. The summed E-state index contributed by atoms with van der Waals surface area (Å²) in [6, 6.07) is 7.27. The van der Waals surface area contributed by atoms with E-state index in [4.69, 9.17) is 0 Å². The minimum absolute atomic E-state index is 0.0802. The smallest absolute Gasteiger partial charge is 0.261 e. The first-order valence-electron chi connectivity index (χ1n) is 4.75. The van der Waals surface area contributed by atoms with E-state index in [1.165, 1.54) is 24.3 Å². The van der Waals surface area contributed by atoms with E-state index in [9.17, 15) is 17.2 Å². The van der Waals surface area contributed by atoms with Gasteiger partial charge in [0.25, 0.3) is 10.0 Å². The quantitative estimate of drug-likeness (QED) is 0.860. The topological polar surface area (TPSA) is 72.0 Å². The van der Waals surface area contributed by atoms with Crippen molar-refractivity contribution in [2.75, 3.05) is 4.72 Å². The van der Waals surface area contributed by atoms with Crippen LogP contribution in [-0.4, -0.2) is 18.4 Å². The van der Waals surface area contributed by atoms with Crippen molar-refractivity contribution < 1.29 is 17.2 Å². The average Bonchev–Trinajstić information content (AvgIpc) is 2.35. The number of anilines is 1. The van der Waals surface area contributed by atoms with Crippen molar-refractivity contribution >= 4 is 15.8 Å². The Bertz CT molecular complexity index is 662. The highest BCUT2D eigenvalue weighted by atomic mass is 32.2. The molecule has 0 saturated heterocycles. The van der Waals surface area contributed by atoms with E-state index in [2.05, 4.69) is 9.97 Å². The van der Waals surface area contributed by atoms with Crippen molar-refractivity contribution in [2.45, 2.75) is 4.90 Å². The second-order valence-electron chi connectivity index (χ2n) is 3.25. The van der Waals surface area contributed by atoms with Crippen LogP contribution in [0, 0.1) is 11.9 Å². The molecule has 0 saturated carbocycles. The number of hydrogen-bond acceptors (Lipinski definition) is 4. The summed E-state index contributed by atoms with van der Waals surface area (Å²) < 4.78 is 51.4. The molecule has 0 aliphatic heterocycles. The molecule has 0 radical (unpaired) electrons. The molecule has 1 heterocycles. The number of nitrogens with zero attached hydrogens (tertiary/aromatic N) is 2. The first kappa shape index (κ1) is 12.4. The normalized spacial score (nSPS) is 11.2. The monoisotopic (exact) mass is 271 g/mol. The Morgan fingerprint density at radius 2 is 1.78 bits per heavy atom. The Hall–Kier alpha value is -2.09. The minimum atomic E-state index is -4.00. The molecule has 0 bridgehead atoms. The lowest BCUT2D eigenvalue weighted by Crippen LogP contribution is -2.15. The molecule has 8 heteroatoms. The number of rotatable bonds is 3. The molecule has 1 aromatic heterocycles. The van der Waals surface area contributed by atoms with E-state index < -0.39 is 27.7 Å². The maximum atomic E-state index is 13.2. The van der Waals surface area contributed by atoms with E-state index in [1.807, 2.05) is 4.72 Å². The molecule has 0 amide bonds. The van der Waals surface area contributed by atoms with Gasteiger partial charge >= 0.3 is 6.08 Å². The third kappa shape index (κ3) is 2.59. The van der Waals surface area contributed by atoms with Gasteiger partial charge < -0.3 is 0 Å². The second-order valence-corrected chi connectivity index (χ2v) is 4.94. The maximum absolute atomic E-state index is 13.2. The summed E-state index contributed by atoms with van der Waals surface area (Å²) in [7, 11) is -4.00. The summed E-state index contributed by atoms with van der Waals surface area (Å²) in [6.45, 7) is 0. The molecule has 0 aliphatic rings. The fourth-order valence-corrected chi connectivity index (χ4v) is 2.23. The number of aromatic nitrogens is 2. The van der Waals surface area contributed by atoms with Crippen molar-refractivity contribution in [3.05, 3.63) is 48.4 Å². The van der Waals surface area contributed by atoms with Gasteiger partial charge in [0.2, 0.25) is 0 Å². The van der Waals surface area contributed by atoms with E-state index in [0.29, 0.717) is 6.20 Å². The van der Waals surface area contributed by atoms with Gasteiger partial charge in [-0.05, 0) is 12.1 Å². The molecule has 1 aromatic carbocycles. The minimum Gasteiger partial charge on any atom is -0.261 e. The van der Waals surface area contributed by atoms with Gasteiger partial charge in [0, 0.05) is 0 Å². The molecule has 0 aliphatic carbocycles. The average molecular weight is 271 g/mol. The van der Waals surface area contributed by atoms with Crippen molar-refractivity contribution in [3.63, 3.8) is 0 Å². The van der Waals surface area contributed by atoms with Crippen LogP contribution >= 0.6 is 0 Å². The lowest BCUT2D eigenvalue weighted by Gasteiger charge is -2.07. The summed E-state index contributed by atoms with van der Waals surface area (Å²) in [5, 5.41) is 0. The van der Waals surface area contributed by atoms with Crippen molar-refractivity contribution in [2.24, 2.45) is 0 Å². The van der Waals surface area contributed by atoms with E-state index in [-0.39, 0.29) is 4.90 Å². The van der Waals surface area contributed by atoms with Gasteiger partial charge in [0.1, 0.15) is 0 Å². The molecule has 0 spiro atoms. The SMILES string of the molecule is O=S(=O)(Nc1nc(F)ncc1F)c1ccccc1. The molecule has 0 fully saturated rings. The first-order chi connectivity index (χ1) is 8.49. The Morgan fingerprint density at radius 1 is 1.11 bits per heavy atom. The number of sulfonamides is 1. The van der Waals surface area contributed by atoms with Crippen LogP contribution in [-0.2, 0) is 10.0 Å². The van der Waals surface area contributed by atoms with Crippen LogP contribution in [0.4, 0.5) is 14.6 Å². The molecule has 0 unspecified atom stereocenters. The lowest BCUT2D eigenvalue weighted by atomic mass is 10.4. The van der Waals surface area contributed by atoms with Crippen molar-refractivity contribution in [1.29, 1.82) is 0 Å². The first-order valence-corrected chi connectivity index (χ1v) is 6.23. The standard InChI is InChI=1S/C10H7F2N3O2S/c11-8-6-13-10(12)14-9(8)15-18(16,17)7-4-2-1-3-5-7/h1-6H,(H,13,14,15). The van der Waals surface area contributed by atoms with E-state index in [0.717, 1.165) is 0 Å². The maximum Gasteiger partial charge on any atom is 0.310 e. The fraction of sp³-hybridized carbons (Fsp3) is 0. The van der Waals surface area contributed by atoms with Crippen LogP contribution in [0.5, 0.6) is 0 Å². The van der Waals surface area contributed by atoms with E-state index in [1.54, 1.807) is 6.07 Å². The predicted molar refractivity (Wildman–Crippen MR) is 59.2 cm³/mol. The number of benzene rings is 1. The molecular formula is C10H7F2N3O2S. The third-order valence-corrected chi connectivity index (χ3v) is 3.35. The highest BCUT2D eigenvalue weighted by Gasteiger charge is 2.17. The lowest BCUT2D eigenvalue weighted by molar-refractivity contribution is 0.520. The van der Waals surface area contributed by atoms with Gasteiger partial charge in [-0.25, -0.2) is 17.8 Å². The van der Waals surface area contributed by atoms with Crippen molar-refractivity contribution in [1.82, 2.24) is 9.97 Å². The third-order valence-electron chi connectivity index (χ3n) is 2.00. The summed E-state index contributed by atoms with van der Waals surface area (Å²) >= 11 is 0. The van der Waals surface area contributed by atoms with Gasteiger partial charge in [-0.2, -0.15) is 9.37 Å². The molecule has 5 nitrogen and oxygen atoms in total. The van der Waals surface area contributed by atoms with Crippen LogP contribution in [0.25, 0.3) is 0 Å². The van der Waals surface area contributed by atoms with Crippen molar-refractivity contribution in [3.8, 4) is 0 Å². The van der Waals surface area contributed by atoms with Gasteiger partial charge in [-0.1, -0.05) is 18.2 Å². The van der Waals surface area contributed by atoms with Gasteiger partial charge in [0.05, 0.1) is 11.1 Å². The van der Waals surface area contributed by atoms with Gasteiger partial charge in [-0.3, -0.25) is 4.72 Å². The highest BCUT2D eigenvalue weighted by molar-refractivity contribution is 7.92. The zero-order valence-electron chi connectivity index (χ0n) is 8.84. The van der Waals surface area contributed by atoms with Crippen LogP contribution in [0.1, 0.15) is 0 Å². The van der Waals surface area contributed by atoms with Crippen LogP contribution in [0.2, 0.25) is 0 Å². The molecule has 2 rings (SSSR count). The molecule has 1 N–H and O–H groups in total. The van der Waals surface area contributed by atoms with Crippen LogP contribution < -0.4 is 4.72 Å². The zero-order chi connectivity index (χ0) is 13.2. The molecule has 18 heavy (non-hydrogen) atoms. The van der Waals surface area contributed by atoms with Gasteiger partial charge in [0.15, 0.2) is 11.6 Å². The summed E-state index contributed by atoms with van der Waals surface area (Å²) in [5.41, 5.74) is 0. The Morgan fingerprint density at radius 3 is 2.44 bits per heavy atom. The van der Waals surface area contributed by atoms with Crippen LogP contribution in [0.3, 0.4) is 0 Å². The Kier molecular flexibility index (Phi) is 3.19. The molecular weight excluding hydrogens is 264 g/mol. The Balaban J connectivity index is 2.37. The van der Waals surface area contributed by atoms with Gasteiger partial charge in [-0.15, -0.1) is 0 Å². The summed E-state index contributed by atoms with van der Waals surface area (Å²) in [4.78, 5) is 5.91. The summed E-state index contributed by atoms with van der Waals surface area (Å²) in [5.74, 6) is -1.79.